The van der Waals surface area contributed by atoms with Gasteiger partial charge in [0.1, 0.15) is 17.4 Å². The molecule has 2 fully saturated rings. The molecule has 0 aliphatic carbocycles. The van der Waals surface area contributed by atoms with Crippen LogP contribution in [0.5, 0.6) is 0 Å². The van der Waals surface area contributed by atoms with Gasteiger partial charge in [-0.1, -0.05) is 6.07 Å². The molecule has 3 aromatic carbocycles. The van der Waals surface area contributed by atoms with Crippen LogP contribution >= 0.6 is 12.2 Å². The summed E-state index contributed by atoms with van der Waals surface area (Å²) < 4.78 is 67.3. The predicted octanol–water partition coefficient (Wildman–Crippen LogP) is 3.91. The van der Waals surface area contributed by atoms with Gasteiger partial charge >= 0.3 is 6.18 Å². The number of hydrogen-bond acceptors (Lipinski definition) is 11. The zero-order chi connectivity index (χ0) is 42.8. The van der Waals surface area contributed by atoms with E-state index in [0.717, 1.165) is 28.0 Å². The molecule has 0 radical (unpaired) electrons. The lowest BCUT2D eigenvalue weighted by atomic mass is 10.0. The summed E-state index contributed by atoms with van der Waals surface area (Å²) in [5.74, 6) is -4.83. The normalized spacial score (nSPS) is 17.6. The van der Waals surface area contributed by atoms with Crippen LogP contribution in [0.3, 0.4) is 0 Å². The number of hydrogen-bond donors (Lipinski definition) is 3. The molecule has 59 heavy (non-hydrogen) atoms. The molecule has 0 aromatic heterocycles. The number of piperidine rings is 1. The molecule has 1 unspecified atom stereocenters. The van der Waals surface area contributed by atoms with Crippen LogP contribution in [0.1, 0.15) is 68.9 Å². The first-order valence-electron chi connectivity index (χ1n) is 18.1. The first-order chi connectivity index (χ1) is 28.0. The van der Waals surface area contributed by atoms with E-state index < -0.39 is 70.1 Å². The Kier molecular flexibility index (Phi) is 12.1. The number of rotatable bonds is 14. The number of carbonyl (C=O) groups is 6. The first-order valence-corrected chi connectivity index (χ1v) is 18.5. The average Bonchev–Trinajstić information content (AvgIpc) is 3.54. The number of halogens is 4. The summed E-state index contributed by atoms with van der Waals surface area (Å²) in [4.78, 5) is 79.4. The van der Waals surface area contributed by atoms with Crippen molar-refractivity contribution < 1.29 is 55.8 Å². The number of carbonyl (C=O) groups excluding carboxylic acids is 6. The molecular formula is C39H35F4N7O8S. The summed E-state index contributed by atoms with van der Waals surface area (Å²) in [7, 11) is 0. The summed E-state index contributed by atoms with van der Waals surface area (Å²) in [5.41, 5.74) is -3.17. The highest BCUT2D eigenvalue weighted by Crippen LogP contribution is 2.40. The quantitative estimate of drug-likeness (QED) is 0.0921. The number of anilines is 3. The second-order valence-electron chi connectivity index (χ2n) is 13.9. The Hall–Kier alpha value is -6.30. The van der Waals surface area contributed by atoms with Crippen LogP contribution in [0.2, 0.25) is 0 Å². The number of imide groups is 2. The molecule has 0 bridgehead atoms. The SMILES string of the molecule is CC1(C)C(=O)N(c2ccc(C#N)c(C(F)(F)F)c2)C(=S)N1c1ccc(C(=O)NCCOCCOCCNc2cccc3c2C(=O)N(C2CCC(=O)NC2=O)C3=O)c(F)c1. The number of nitrogens with one attached hydrogen (secondary N) is 3. The van der Waals surface area contributed by atoms with Crippen LogP contribution in [0, 0.1) is 17.1 Å². The van der Waals surface area contributed by atoms with Crippen LogP contribution in [0.25, 0.3) is 0 Å². The Morgan fingerprint density at radius 1 is 0.966 bits per heavy atom. The number of nitriles is 1. The van der Waals surface area contributed by atoms with Crippen molar-refractivity contribution in [3.63, 3.8) is 0 Å². The standard InChI is InChI=1S/C39H35F4N7O8S/c1-38(2)36(56)48(22-7-6-21(20-44)26(18-22)39(41,42)43)37(59)50(38)23-8-9-24(27(40)19-23)32(52)46-13-15-58-17-16-57-14-12-45-28-5-3-4-25-31(28)35(55)49(34(25)54)29-10-11-30(51)47-33(29)53/h3-9,18-19,29,45H,10-17H2,1-2H3,(H,46,52)(H,47,51,53). The Labute approximate surface area is 339 Å². The van der Waals surface area contributed by atoms with Crippen LogP contribution in [-0.2, 0) is 30.0 Å². The highest BCUT2D eigenvalue weighted by atomic mass is 32.1. The molecule has 6 rings (SSSR count). The highest BCUT2D eigenvalue weighted by molar-refractivity contribution is 7.81. The molecule has 0 spiro atoms. The average molecular weight is 838 g/mol. The third kappa shape index (κ3) is 8.35. The zero-order valence-corrected chi connectivity index (χ0v) is 32.2. The van der Waals surface area contributed by atoms with Crippen molar-refractivity contribution in [2.45, 2.75) is 44.4 Å². The van der Waals surface area contributed by atoms with E-state index in [4.69, 9.17) is 27.0 Å². The fourth-order valence-electron chi connectivity index (χ4n) is 6.86. The van der Waals surface area contributed by atoms with E-state index in [1.165, 1.54) is 43.0 Å². The monoisotopic (exact) mass is 837 g/mol. The lowest BCUT2D eigenvalue weighted by molar-refractivity contribution is -0.138. The smallest absolute Gasteiger partial charge is 0.382 e. The van der Waals surface area contributed by atoms with Crippen LogP contribution < -0.4 is 25.8 Å². The van der Waals surface area contributed by atoms with Gasteiger partial charge in [0.05, 0.1) is 66.0 Å². The third-order valence-corrected chi connectivity index (χ3v) is 10.1. The highest BCUT2D eigenvalue weighted by Gasteiger charge is 2.51. The first kappa shape index (κ1) is 42.3. The molecule has 0 saturated carbocycles. The van der Waals surface area contributed by atoms with Crippen molar-refractivity contribution in [3.05, 3.63) is 88.2 Å². The summed E-state index contributed by atoms with van der Waals surface area (Å²) in [6.45, 7) is 3.76. The molecule has 3 N–H and O–H groups in total. The summed E-state index contributed by atoms with van der Waals surface area (Å²) in [6, 6.07) is 11.4. The van der Waals surface area contributed by atoms with Crippen LogP contribution in [0.4, 0.5) is 34.6 Å². The summed E-state index contributed by atoms with van der Waals surface area (Å²) in [6.07, 6.45) is -4.83. The van der Waals surface area contributed by atoms with Crippen molar-refractivity contribution in [1.29, 1.82) is 5.26 Å². The van der Waals surface area contributed by atoms with Crippen LogP contribution in [0.15, 0.2) is 54.6 Å². The maximum absolute atomic E-state index is 15.3. The van der Waals surface area contributed by atoms with Crippen molar-refractivity contribution in [1.82, 2.24) is 15.5 Å². The van der Waals surface area contributed by atoms with Crippen molar-refractivity contribution in [2.75, 3.05) is 54.6 Å². The number of amides is 6. The molecule has 2 saturated heterocycles. The van der Waals surface area contributed by atoms with Crippen molar-refractivity contribution in [2.24, 2.45) is 0 Å². The Bertz CT molecular complexity index is 2310. The second kappa shape index (κ2) is 16.9. The molecule has 3 aliphatic heterocycles. The molecule has 6 amide bonds. The van der Waals surface area contributed by atoms with E-state index in [2.05, 4.69) is 16.0 Å². The largest absolute Gasteiger partial charge is 0.417 e. The van der Waals surface area contributed by atoms with Crippen LogP contribution in [-0.4, -0.2) is 96.6 Å². The zero-order valence-electron chi connectivity index (χ0n) is 31.4. The van der Waals surface area contributed by atoms with E-state index in [-0.39, 0.29) is 85.5 Å². The van der Waals surface area contributed by atoms with E-state index in [1.54, 1.807) is 12.1 Å². The third-order valence-electron chi connectivity index (χ3n) is 9.74. The Morgan fingerprint density at radius 2 is 1.66 bits per heavy atom. The maximum Gasteiger partial charge on any atom is 0.417 e. The van der Waals surface area contributed by atoms with E-state index in [9.17, 15) is 41.9 Å². The lowest BCUT2D eigenvalue weighted by Crippen LogP contribution is -2.54. The number of benzene rings is 3. The fourth-order valence-corrected chi connectivity index (χ4v) is 7.38. The predicted molar refractivity (Wildman–Crippen MR) is 205 cm³/mol. The second-order valence-corrected chi connectivity index (χ2v) is 14.3. The van der Waals surface area contributed by atoms with Gasteiger partial charge in [0.25, 0.3) is 23.6 Å². The molecular weight excluding hydrogens is 803 g/mol. The van der Waals surface area contributed by atoms with Gasteiger partial charge in [-0.25, -0.2) is 4.39 Å². The molecule has 308 valence electrons. The van der Waals surface area contributed by atoms with E-state index in [0.29, 0.717) is 11.8 Å². The summed E-state index contributed by atoms with van der Waals surface area (Å²) >= 11 is 5.49. The van der Waals surface area contributed by atoms with Gasteiger partial charge in [0.2, 0.25) is 11.8 Å². The van der Waals surface area contributed by atoms with Gasteiger partial charge < -0.3 is 25.0 Å². The number of fused-ring (bicyclic) bond motifs is 1. The molecule has 3 aromatic rings. The minimum Gasteiger partial charge on any atom is -0.382 e. The van der Waals surface area contributed by atoms with E-state index >= 15 is 4.39 Å². The fraction of sp³-hybridized carbons (Fsp3) is 0.333. The molecule has 1 atom stereocenters. The van der Waals surface area contributed by atoms with Gasteiger partial charge in [-0.15, -0.1) is 0 Å². The van der Waals surface area contributed by atoms with Crippen molar-refractivity contribution >= 4 is 69.8 Å². The number of alkyl halides is 3. The Morgan fingerprint density at radius 3 is 2.32 bits per heavy atom. The van der Waals surface area contributed by atoms with Crippen molar-refractivity contribution in [3.8, 4) is 6.07 Å². The topological polar surface area (TPSA) is 190 Å². The summed E-state index contributed by atoms with van der Waals surface area (Å²) in [5, 5.41) is 16.7. The molecule has 3 aliphatic rings. The minimum atomic E-state index is -4.88. The van der Waals surface area contributed by atoms with Gasteiger partial charge in [-0.05, 0) is 81.0 Å². The van der Waals surface area contributed by atoms with Gasteiger partial charge in [0, 0.05) is 30.9 Å². The number of ether oxygens (including phenoxy) is 2. The van der Waals surface area contributed by atoms with Gasteiger partial charge in [-0.3, -0.25) is 43.9 Å². The lowest BCUT2D eigenvalue weighted by Gasteiger charge is -2.29. The number of thiocarbonyl (C=S) groups is 1. The molecule has 15 nitrogen and oxygen atoms in total. The van der Waals surface area contributed by atoms with Gasteiger partial charge in [0.15, 0.2) is 5.11 Å². The Balaban J connectivity index is 0.938. The molecule has 3 heterocycles. The van der Waals surface area contributed by atoms with Gasteiger partial charge in [-0.2, -0.15) is 18.4 Å². The molecule has 20 heteroatoms. The minimum absolute atomic E-state index is 0.00964. The maximum atomic E-state index is 15.3. The van der Waals surface area contributed by atoms with E-state index in [1.807, 2.05) is 0 Å². The number of nitrogens with zero attached hydrogens (tertiary/aromatic N) is 4.